The van der Waals surface area contributed by atoms with E-state index in [4.69, 9.17) is 4.74 Å². The van der Waals surface area contributed by atoms with E-state index in [0.717, 1.165) is 12.0 Å². The predicted octanol–water partition coefficient (Wildman–Crippen LogP) is 4.18. The van der Waals surface area contributed by atoms with Crippen molar-refractivity contribution in [1.29, 1.82) is 0 Å². The quantitative estimate of drug-likeness (QED) is 0.730. The minimum absolute atomic E-state index is 0.209. The maximum Gasteiger partial charge on any atom is 0.341 e. The molecule has 2 aromatic carbocycles. The molecule has 1 N–H and O–H groups in total. The maximum atomic E-state index is 13.7. The van der Waals surface area contributed by atoms with Crippen molar-refractivity contribution in [2.75, 3.05) is 6.61 Å². The molecule has 6 heteroatoms. The monoisotopic (exact) mass is 407 g/mol. The van der Waals surface area contributed by atoms with Crippen molar-refractivity contribution in [3.63, 3.8) is 0 Å². The van der Waals surface area contributed by atoms with Gasteiger partial charge < -0.3 is 10.1 Å². The highest BCUT2D eigenvalue weighted by Crippen LogP contribution is 2.16. The minimum atomic E-state index is -0.875. The molecule has 0 aromatic heterocycles. The molecule has 1 amide bonds. The van der Waals surface area contributed by atoms with Crippen molar-refractivity contribution in [2.45, 2.75) is 26.3 Å². The molecular weight excluding hydrogens is 389 g/mol. The van der Waals surface area contributed by atoms with Gasteiger partial charge in [-0.05, 0) is 42.7 Å². The molecule has 4 nitrogen and oxygen atoms in total. The number of aryl methyl sites for hydroxylation is 1. The first kappa shape index (κ1) is 19.1. The summed E-state index contributed by atoms with van der Waals surface area (Å²) in [7, 11) is 0. The first-order valence-electron chi connectivity index (χ1n) is 7.91. The van der Waals surface area contributed by atoms with Crippen LogP contribution in [-0.4, -0.2) is 18.5 Å². The molecule has 1 atom stereocenters. The normalized spacial score (nSPS) is 11.7. The lowest BCUT2D eigenvalue weighted by molar-refractivity contribution is -0.124. The number of benzene rings is 2. The van der Waals surface area contributed by atoms with E-state index >= 15 is 0 Å². The van der Waals surface area contributed by atoms with Gasteiger partial charge in [-0.2, -0.15) is 0 Å². The zero-order valence-corrected chi connectivity index (χ0v) is 15.6. The zero-order chi connectivity index (χ0) is 18.4. The maximum absolute atomic E-state index is 13.7. The molecule has 0 aliphatic rings. The standard InChI is InChI=1S/C19H19BrFNO3/c1-3-13-4-6-14(7-5-13)12(2)22-18(23)11-25-19(24)16-9-8-15(20)10-17(16)21/h4-10,12H,3,11H2,1-2H3,(H,22,23)/t12-/m1/s1. The van der Waals surface area contributed by atoms with E-state index in [9.17, 15) is 14.0 Å². The minimum Gasteiger partial charge on any atom is -0.452 e. The Morgan fingerprint density at radius 2 is 1.88 bits per heavy atom. The number of halogens is 2. The summed E-state index contributed by atoms with van der Waals surface area (Å²) >= 11 is 3.11. The Labute approximate surface area is 154 Å². The second-order valence-corrected chi connectivity index (χ2v) is 6.50. The van der Waals surface area contributed by atoms with Crippen LogP contribution in [0.1, 0.15) is 41.4 Å². The van der Waals surface area contributed by atoms with E-state index in [1.165, 1.54) is 23.8 Å². The number of nitrogens with one attached hydrogen (secondary N) is 1. The van der Waals surface area contributed by atoms with Gasteiger partial charge in [-0.15, -0.1) is 0 Å². The number of esters is 1. The van der Waals surface area contributed by atoms with Crippen molar-refractivity contribution in [1.82, 2.24) is 5.32 Å². The number of amides is 1. The van der Waals surface area contributed by atoms with Gasteiger partial charge in [0.2, 0.25) is 0 Å². The van der Waals surface area contributed by atoms with Gasteiger partial charge in [-0.3, -0.25) is 4.79 Å². The van der Waals surface area contributed by atoms with Crippen LogP contribution < -0.4 is 5.32 Å². The van der Waals surface area contributed by atoms with E-state index in [2.05, 4.69) is 28.2 Å². The Morgan fingerprint density at radius 3 is 2.48 bits per heavy atom. The SMILES string of the molecule is CCc1ccc([C@@H](C)NC(=O)COC(=O)c2ccc(Br)cc2F)cc1. The molecule has 0 radical (unpaired) electrons. The molecule has 0 aliphatic carbocycles. The number of carbonyl (C=O) groups is 2. The lowest BCUT2D eigenvalue weighted by Crippen LogP contribution is -2.31. The van der Waals surface area contributed by atoms with E-state index in [1.54, 1.807) is 0 Å². The molecule has 2 rings (SSSR count). The van der Waals surface area contributed by atoms with Crippen LogP contribution in [0.2, 0.25) is 0 Å². The smallest absolute Gasteiger partial charge is 0.341 e. The van der Waals surface area contributed by atoms with Crippen molar-refractivity contribution >= 4 is 27.8 Å². The number of hydrogen-bond acceptors (Lipinski definition) is 3. The summed E-state index contributed by atoms with van der Waals surface area (Å²) in [6, 6.07) is 11.7. The van der Waals surface area contributed by atoms with Crippen LogP contribution in [-0.2, 0) is 16.0 Å². The molecule has 0 bridgehead atoms. The topological polar surface area (TPSA) is 55.4 Å². The Balaban J connectivity index is 1.87. The van der Waals surface area contributed by atoms with Gasteiger partial charge in [0.25, 0.3) is 5.91 Å². The third kappa shape index (κ3) is 5.39. The van der Waals surface area contributed by atoms with Crippen molar-refractivity contribution in [3.8, 4) is 0 Å². The summed E-state index contributed by atoms with van der Waals surface area (Å²) in [5.41, 5.74) is 1.96. The highest BCUT2D eigenvalue weighted by molar-refractivity contribution is 9.10. The van der Waals surface area contributed by atoms with E-state index in [0.29, 0.717) is 4.47 Å². The van der Waals surface area contributed by atoms with Gasteiger partial charge in [0.15, 0.2) is 6.61 Å². The molecule has 2 aromatic rings. The van der Waals surface area contributed by atoms with E-state index in [1.807, 2.05) is 31.2 Å². The van der Waals surface area contributed by atoms with Crippen molar-refractivity contribution < 1.29 is 18.7 Å². The van der Waals surface area contributed by atoms with Gasteiger partial charge in [-0.1, -0.05) is 47.1 Å². The second kappa shape index (κ2) is 8.76. The lowest BCUT2D eigenvalue weighted by Gasteiger charge is -2.15. The molecule has 0 spiro atoms. The highest BCUT2D eigenvalue weighted by atomic mass is 79.9. The van der Waals surface area contributed by atoms with E-state index < -0.39 is 24.3 Å². The third-order valence-electron chi connectivity index (χ3n) is 3.75. The molecule has 0 saturated heterocycles. The van der Waals surface area contributed by atoms with Gasteiger partial charge >= 0.3 is 5.97 Å². The van der Waals surface area contributed by atoms with Gasteiger partial charge in [0.1, 0.15) is 5.82 Å². The van der Waals surface area contributed by atoms with Crippen LogP contribution in [0.15, 0.2) is 46.9 Å². The molecule has 132 valence electrons. The van der Waals surface area contributed by atoms with Gasteiger partial charge in [0, 0.05) is 4.47 Å². The van der Waals surface area contributed by atoms with Crippen LogP contribution in [0, 0.1) is 5.82 Å². The predicted molar refractivity (Wildman–Crippen MR) is 96.8 cm³/mol. The molecule has 0 saturated carbocycles. The summed E-state index contributed by atoms with van der Waals surface area (Å²) in [6.45, 7) is 3.45. The van der Waals surface area contributed by atoms with Crippen molar-refractivity contribution in [2.24, 2.45) is 0 Å². The molecule has 0 aliphatic heterocycles. The van der Waals surface area contributed by atoms with E-state index in [-0.39, 0.29) is 11.6 Å². The fourth-order valence-corrected chi connectivity index (χ4v) is 2.61. The molecule has 0 heterocycles. The fourth-order valence-electron chi connectivity index (χ4n) is 2.27. The number of ether oxygens (including phenoxy) is 1. The summed E-state index contributed by atoms with van der Waals surface area (Å²) in [5.74, 6) is -2.03. The Bertz CT molecular complexity index is 762. The Hall–Kier alpha value is -2.21. The molecule has 25 heavy (non-hydrogen) atoms. The Kier molecular flexibility index (Phi) is 6.70. The lowest BCUT2D eigenvalue weighted by atomic mass is 10.1. The highest BCUT2D eigenvalue weighted by Gasteiger charge is 2.16. The van der Waals surface area contributed by atoms with Crippen LogP contribution in [0.5, 0.6) is 0 Å². The van der Waals surface area contributed by atoms with Crippen LogP contribution in [0.3, 0.4) is 0 Å². The zero-order valence-electron chi connectivity index (χ0n) is 14.0. The second-order valence-electron chi connectivity index (χ2n) is 5.58. The average molecular weight is 408 g/mol. The number of hydrogen-bond donors (Lipinski definition) is 1. The Morgan fingerprint density at radius 1 is 1.20 bits per heavy atom. The summed E-state index contributed by atoms with van der Waals surface area (Å²) < 4.78 is 19.1. The molecular formula is C19H19BrFNO3. The fraction of sp³-hybridized carbons (Fsp3) is 0.263. The molecule has 0 fully saturated rings. The number of carbonyl (C=O) groups excluding carboxylic acids is 2. The first-order valence-corrected chi connectivity index (χ1v) is 8.70. The van der Waals surface area contributed by atoms with Crippen LogP contribution in [0.4, 0.5) is 4.39 Å². The average Bonchev–Trinajstić information content (AvgIpc) is 2.59. The molecule has 0 unspecified atom stereocenters. The number of rotatable bonds is 6. The third-order valence-corrected chi connectivity index (χ3v) is 4.24. The van der Waals surface area contributed by atoms with Crippen LogP contribution in [0.25, 0.3) is 0 Å². The summed E-state index contributed by atoms with van der Waals surface area (Å²) in [5, 5.41) is 2.75. The van der Waals surface area contributed by atoms with Crippen LogP contribution >= 0.6 is 15.9 Å². The van der Waals surface area contributed by atoms with Gasteiger partial charge in [0.05, 0.1) is 11.6 Å². The van der Waals surface area contributed by atoms with Gasteiger partial charge in [-0.25, -0.2) is 9.18 Å². The first-order chi connectivity index (χ1) is 11.9. The summed E-state index contributed by atoms with van der Waals surface area (Å²) in [4.78, 5) is 23.8. The largest absolute Gasteiger partial charge is 0.452 e. The summed E-state index contributed by atoms with van der Waals surface area (Å²) in [6.07, 6.45) is 0.948. The van der Waals surface area contributed by atoms with Crippen molar-refractivity contribution in [3.05, 3.63) is 69.4 Å².